The summed E-state index contributed by atoms with van der Waals surface area (Å²) >= 11 is 0. The Balaban J connectivity index is 3.85. The number of unbranched alkanes of at least 4 members (excludes halogenated alkanes) is 22. The summed E-state index contributed by atoms with van der Waals surface area (Å²) in [5.41, 5.74) is 0. The molecule has 0 aromatic heterocycles. The maximum Gasteiger partial charge on any atom is 0.144 e. The number of hydrogen-bond acceptors (Lipinski definition) is 3. The van der Waals surface area contributed by atoms with Crippen LogP contribution in [0.4, 0.5) is 0 Å². The Hall–Kier alpha value is -1.22. The Kier molecular flexibility index (Phi) is 32.7. The third-order valence-corrected chi connectivity index (χ3v) is 8.69. The van der Waals surface area contributed by atoms with Crippen LogP contribution < -0.4 is 0 Å². The maximum absolute atomic E-state index is 13.0. The lowest BCUT2D eigenvalue weighted by Crippen LogP contribution is -2.34. The first-order chi connectivity index (χ1) is 21.0. The molecule has 0 aliphatic rings. The van der Waals surface area contributed by atoms with Gasteiger partial charge in [-0.2, -0.15) is 0 Å². The monoisotopic (exact) mass is 602 g/mol. The van der Waals surface area contributed by atoms with E-state index >= 15 is 0 Å². The lowest BCUT2D eigenvalue weighted by molar-refractivity contribution is -0.133. The quantitative estimate of drug-likeness (QED) is 0.0418. The van der Waals surface area contributed by atoms with Gasteiger partial charge in [-0.05, 0) is 78.3 Å². The fourth-order valence-corrected chi connectivity index (χ4v) is 5.84. The van der Waals surface area contributed by atoms with E-state index in [1.807, 2.05) is 19.0 Å². The van der Waals surface area contributed by atoms with Crippen LogP contribution in [0.2, 0.25) is 0 Å². The van der Waals surface area contributed by atoms with E-state index in [1.165, 1.54) is 141 Å². The van der Waals surface area contributed by atoms with Crippen LogP contribution >= 0.6 is 0 Å². The van der Waals surface area contributed by atoms with Gasteiger partial charge >= 0.3 is 0 Å². The third kappa shape index (κ3) is 30.6. The van der Waals surface area contributed by atoms with Crippen LogP contribution in [0.3, 0.4) is 0 Å². The van der Waals surface area contributed by atoms with Gasteiger partial charge in [0.05, 0.1) is 5.92 Å². The number of rotatable bonds is 34. The molecule has 0 aromatic rings. The molecule has 0 saturated carbocycles. The number of nitrogens with zero attached hydrogens (tertiary/aromatic N) is 1. The van der Waals surface area contributed by atoms with Crippen LogP contribution in [0.25, 0.3) is 0 Å². The van der Waals surface area contributed by atoms with Gasteiger partial charge in [-0.3, -0.25) is 9.59 Å². The zero-order chi connectivity index (χ0) is 31.6. The Bertz CT molecular complexity index is 613. The molecule has 0 aliphatic heterocycles. The van der Waals surface area contributed by atoms with Crippen molar-refractivity contribution in [2.24, 2.45) is 5.92 Å². The molecule has 0 amide bonds. The maximum atomic E-state index is 13.0. The van der Waals surface area contributed by atoms with E-state index in [4.69, 9.17) is 0 Å². The summed E-state index contributed by atoms with van der Waals surface area (Å²) in [6, 6.07) is 0. The Morgan fingerprint density at radius 3 is 1.02 bits per heavy atom. The van der Waals surface area contributed by atoms with E-state index in [0.29, 0.717) is 19.4 Å². The van der Waals surface area contributed by atoms with E-state index in [0.717, 1.165) is 25.7 Å². The van der Waals surface area contributed by atoms with Crippen LogP contribution in [0.1, 0.15) is 194 Å². The van der Waals surface area contributed by atoms with Gasteiger partial charge in [-0.25, -0.2) is 0 Å². The molecule has 0 bridgehead atoms. The standard InChI is InChI=1S/C40H75NO2/c1-5-7-9-11-13-15-17-19-21-23-25-27-29-31-33-35-39(42)38(37-41(3)4)40(43)36-34-32-30-28-26-24-22-20-18-16-14-12-10-8-6-2/h19-22,38H,5-18,23-37H2,1-4H3. The number of ketones is 2. The number of hydrogen-bond donors (Lipinski definition) is 0. The summed E-state index contributed by atoms with van der Waals surface area (Å²) in [6.07, 6.45) is 43.3. The van der Waals surface area contributed by atoms with Gasteiger partial charge in [0.2, 0.25) is 0 Å². The number of Topliss-reactive ketones (excluding diaryl/α,β-unsaturated/α-hetero) is 2. The highest BCUT2D eigenvalue weighted by Crippen LogP contribution is 2.16. The minimum Gasteiger partial charge on any atom is -0.308 e. The van der Waals surface area contributed by atoms with Gasteiger partial charge in [0.25, 0.3) is 0 Å². The molecule has 0 spiro atoms. The van der Waals surface area contributed by atoms with Crippen molar-refractivity contribution < 1.29 is 9.59 Å². The van der Waals surface area contributed by atoms with Gasteiger partial charge in [0.1, 0.15) is 11.6 Å². The first-order valence-electron chi connectivity index (χ1n) is 19.0. The van der Waals surface area contributed by atoms with Gasteiger partial charge in [-0.15, -0.1) is 0 Å². The SMILES string of the molecule is CCCCCCCCC=CCCCCCCCC(=O)C(CN(C)C)C(=O)CCCCCCCC=CCCCCCCCC. The van der Waals surface area contributed by atoms with Crippen LogP contribution in [0.5, 0.6) is 0 Å². The van der Waals surface area contributed by atoms with Crippen molar-refractivity contribution in [1.29, 1.82) is 0 Å². The molecule has 0 radical (unpaired) electrons. The van der Waals surface area contributed by atoms with Crippen molar-refractivity contribution in [3.05, 3.63) is 24.3 Å². The molecule has 0 rings (SSSR count). The first kappa shape index (κ1) is 41.8. The Labute approximate surface area is 270 Å². The van der Waals surface area contributed by atoms with E-state index in [9.17, 15) is 9.59 Å². The first-order valence-corrected chi connectivity index (χ1v) is 19.0. The van der Waals surface area contributed by atoms with Crippen molar-refractivity contribution in [2.45, 2.75) is 194 Å². The smallest absolute Gasteiger partial charge is 0.144 e. The molecule has 0 unspecified atom stereocenters. The molecule has 0 fully saturated rings. The van der Waals surface area contributed by atoms with E-state index in [-0.39, 0.29) is 11.6 Å². The summed E-state index contributed by atoms with van der Waals surface area (Å²) in [6.45, 7) is 5.11. The predicted molar refractivity (Wildman–Crippen MR) is 191 cm³/mol. The zero-order valence-electron chi connectivity index (χ0n) is 29.7. The lowest BCUT2D eigenvalue weighted by Gasteiger charge is -2.19. The predicted octanol–water partition coefficient (Wildman–Crippen LogP) is 12.4. The molecule has 0 aromatic carbocycles. The van der Waals surface area contributed by atoms with E-state index in [2.05, 4.69) is 38.2 Å². The van der Waals surface area contributed by atoms with Crippen molar-refractivity contribution in [3.8, 4) is 0 Å². The van der Waals surface area contributed by atoms with Gasteiger partial charge in [0, 0.05) is 19.4 Å². The Morgan fingerprint density at radius 1 is 0.442 bits per heavy atom. The summed E-state index contributed by atoms with van der Waals surface area (Å²) in [5, 5.41) is 0. The molecule has 0 N–H and O–H groups in total. The minimum absolute atomic E-state index is 0.170. The van der Waals surface area contributed by atoms with Crippen molar-refractivity contribution >= 4 is 11.6 Å². The third-order valence-electron chi connectivity index (χ3n) is 8.69. The topological polar surface area (TPSA) is 37.4 Å². The average molecular weight is 602 g/mol. The second kappa shape index (κ2) is 33.7. The largest absolute Gasteiger partial charge is 0.308 e. The van der Waals surface area contributed by atoms with Crippen LogP contribution in [0.15, 0.2) is 24.3 Å². The molecule has 0 aliphatic carbocycles. The fourth-order valence-electron chi connectivity index (χ4n) is 5.84. The Morgan fingerprint density at radius 2 is 0.721 bits per heavy atom. The summed E-state index contributed by atoms with van der Waals surface area (Å²) in [4.78, 5) is 27.9. The molecule has 252 valence electrons. The number of carbonyl (C=O) groups excluding carboxylic acids is 2. The van der Waals surface area contributed by atoms with Gasteiger partial charge in [0.15, 0.2) is 0 Å². The zero-order valence-corrected chi connectivity index (χ0v) is 29.7. The lowest BCUT2D eigenvalue weighted by atomic mass is 9.91. The van der Waals surface area contributed by atoms with E-state index in [1.54, 1.807) is 0 Å². The average Bonchev–Trinajstić information content (AvgIpc) is 2.99. The van der Waals surface area contributed by atoms with Crippen molar-refractivity contribution in [1.82, 2.24) is 4.90 Å². The number of carbonyl (C=O) groups is 2. The molecule has 43 heavy (non-hydrogen) atoms. The molecular formula is C40H75NO2. The highest BCUT2D eigenvalue weighted by Gasteiger charge is 2.25. The van der Waals surface area contributed by atoms with Crippen molar-refractivity contribution in [3.63, 3.8) is 0 Å². The molecule has 3 nitrogen and oxygen atoms in total. The molecule has 0 heterocycles. The van der Waals surface area contributed by atoms with Crippen LogP contribution in [0, 0.1) is 5.92 Å². The summed E-state index contributed by atoms with van der Waals surface area (Å²) in [7, 11) is 3.94. The molecule has 0 saturated heterocycles. The van der Waals surface area contributed by atoms with Gasteiger partial charge in [-0.1, -0.05) is 141 Å². The van der Waals surface area contributed by atoms with Crippen LogP contribution in [-0.4, -0.2) is 37.1 Å². The highest BCUT2D eigenvalue weighted by atomic mass is 16.1. The minimum atomic E-state index is -0.427. The normalized spacial score (nSPS) is 12.7. The molecule has 3 heteroatoms. The van der Waals surface area contributed by atoms with Crippen molar-refractivity contribution in [2.75, 3.05) is 20.6 Å². The summed E-state index contributed by atoms with van der Waals surface area (Å²) in [5.74, 6) is -0.0864. The summed E-state index contributed by atoms with van der Waals surface area (Å²) < 4.78 is 0. The molecular weight excluding hydrogens is 526 g/mol. The van der Waals surface area contributed by atoms with Gasteiger partial charge < -0.3 is 4.90 Å². The van der Waals surface area contributed by atoms with E-state index < -0.39 is 5.92 Å². The second-order valence-corrected chi connectivity index (χ2v) is 13.4. The fraction of sp³-hybridized carbons (Fsp3) is 0.850. The second-order valence-electron chi connectivity index (χ2n) is 13.4. The highest BCUT2D eigenvalue weighted by molar-refractivity contribution is 6.02. The van der Waals surface area contributed by atoms with Crippen LogP contribution in [-0.2, 0) is 9.59 Å². The molecule has 0 atom stereocenters. The number of allylic oxidation sites excluding steroid dienone is 4.